The van der Waals surface area contributed by atoms with Crippen molar-refractivity contribution >= 4 is 11.8 Å². The third-order valence-corrected chi connectivity index (χ3v) is 3.79. The highest BCUT2D eigenvalue weighted by Crippen LogP contribution is 2.19. The van der Waals surface area contributed by atoms with Crippen molar-refractivity contribution in [1.29, 1.82) is 0 Å². The molecule has 1 heterocycles. The van der Waals surface area contributed by atoms with Gasteiger partial charge in [-0.2, -0.15) is 0 Å². The Bertz CT molecular complexity index is 315. The van der Waals surface area contributed by atoms with Crippen LogP contribution in [0.5, 0.6) is 0 Å². The van der Waals surface area contributed by atoms with Crippen LogP contribution in [-0.2, 0) is 9.59 Å². The zero-order valence-electron chi connectivity index (χ0n) is 12.7. The summed E-state index contributed by atoms with van der Waals surface area (Å²) in [5, 5.41) is 2.85. The Kier molecular flexibility index (Phi) is 6.32. The fourth-order valence-corrected chi connectivity index (χ4v) is 2.70. The van der Waals surface area contributed by atoms with Gasteiger partial charge in [-0.15, -0.1) is 0 Å². The molecule has 4 heteroatoms. The van der Waals surface area contributed by atoms with E-state index in [1.807, 2.05) is 25.7 Å². The van der Waals surface area contributed by atoms with Crippen LogP contribution in [0.4, 0.5) is 0 Å². The topological polar surface area (TPSA) is 49.4 Å². The molecule has 2 amide bonds. The molecule has 0 aromatic heterocycles. The van der Waals surface area contributed by atoms with Crippen molar-refractivity contribution in [2.45, 2.75) is 71.9 Å². The second kappa shape index (κ2) is 7.51. The molecule has 1 N–H and O–H groups in total. The first kappa shape index (κ1) is 16.0. The first-order valence-electron chi connectivity index (χ1n) is 7.63. The maximum absolute atomic E-state index is 12.4. The van der Waals surface area contributed by atoms with Crippen LogP contribution < -0.4 is 5.32 Å². The van der Waals surface area contributed by atoms with Crippen LogP contribution in [-0.4, -0.2) is 35.3 Å². The molecule has 0 radical (unpaired) electrons. The molecule has 0 bridgehead atoms. The van der Waals surface area contributed by atoms with Gasteiger partial charge in [0.05, 0.1) is 0 Å². The standard InChI is InChI=1S/C15H28N2O2/c1-5-7-8-9-10-17-13(11(3)4)14(18)16-12(6-2)15(17)19/h11-13H,5-10H2,1-4H3,(H,16,18). The molecule has 1 aliphatic heterocycles. The molecule has 0 aliphatic carbocycles. The number of hydrogen-bond donors (Lipinski definition) is 1. The minimum atomic E-state index is -0.325. The number of amides is 2. The van der Waals surface area contributed by atoms with E-state index < -0.39 is 0 Å². The van der Waals surface area contributed by atoms with Gasteiger partial charge in [-0.05, 0) is 18.8 Å². The Morgan fingerprint density at radius 3 is 2.37 bits per heavy atom. The Morgan fingerprint density at radius 2 is 1.84 bits per heavy atom. The molecule has 4 nitrogen and oxygen atoms in total. The molecular weight excluding hydrogens is 240 g/mol. The highest BCUT2D eigenvalue weighted by Gasteiger charge is 2.40. The van der Waals surface area contributed by atoms with Crippen molar-refractivity contribution in [1.82, 2.24) is 10.2 Å². The zero-order valence-corrected chi connectivity index (χ0v) is 12.7. The molecule has 0 aromatic rings. The van der Waals surface area contributed by atoms with Crippen LogP contribution in [0.15, 0.2) is 0 Å². The third-order valence-electron chi connectivity index (χ3n) is 3.79. The third kappa shape index (κ3) is 3.95. The van der Waals surface area contributed by atoms with Crippen LogP contribution in [0.3, 0.4) is 0 Å². The highest BCUT2D eigenvalue weighted by molar-refractivity contribution is 5.97. The molecule has 1 aliphatic rings. The summed E-state index contributed by atoms with van der Waals surface area (Å²) in [6, 6.07) is -0.620. The van der Waals surface area contributed by atoms with Gasteiger partial charge < -0.3 is 10.2 Å². The van der Waals surface area contributed by atoms with Gasteiger partial charge >= 0.3 is 0 Å². The number of piperazine rings is 1. The lowest BCUT2D eigenvalue weighted by atomic mass is 9.96. The summed E-state index contributed by atoms with van der Waals surface area (Å²) in [7, 11) is 0. The molecule has 1 rings (SSSR count). The van der Waals surface area contributed by atoms with Crippen LogP contribution in [0.2, 0.25) is 0 Å². The molecule has 1 fully saturated rings. The van der Waals surface area contributed by atoms with E-state index in [2.05, 4.69) is 12.2 Å². The van der Waals surface area contributed by atoms with E-state index in [-0.39, 0.29) is 29.8 Å². The number of carbonyl (C=O) groups is 2. The Hall–Kier alpha value is -1.06. The molecule has 2 atom stereocenters. The first-order chi connectivity index (χ1) is 9.02. The Labute approximate surface area is 116 Å². The summed E-state index contributed by atoms with van der Waals surface area (Å²) < 4.78 is 0. The van der Waals surface area contributed by atoms with Crippen molar-refractivity contribution in [2.75, 3.05) is 6.54 Å². The lowest BCUT2D eigenvalue weighted by molar-refractivity contribution is -0.151. The molecule has 2 unspecified atom stereocenters. The average Bonchev–Trinajstić information content (AvgIpc) is 2.37. The summed E-state index contributed by atoms with van der Waals surface area (Å²) in [4.78, 5) is 26.3. The lowest BCUT2D eigenvalue weighted by Crippen LogP contribution is -2.64. The Morgan fingerprint density at radius 1 is 1.16 bits per heavy atom. The van der Waals surface area contributed by atoms with Crippen molar-refractivity contribution < 1.29 is 9.59 Å². The summed E-state index contributed by atoms with van der Waals surface area (Å²) in [6.07, 6.45) is 5.16. The maximum Gasteiger partial charge on any atom is 0.245 e. The van der Waals surface area contributed by atoms with Gasteiger partial charge in [-0.1, -0.05) is 47.0 Å². The van der Waals surface area contributed by atoms with Crippen LogP contribution in [0, 0.1) is 5.92 Å². The largest absolute Gasteiger partial charge is 0.343 e. The maximum atomic E-state index is 12.4. The van der Waals surface area contributed by atoms with E-state index in [4.69, 9.17) is 0 Å². The number of rotatable bonds is 7. The minimum absolute atomic E-state index is 0.0111. The smallest absolute Gasteiger partial charge is 0.245 e. The normalized spacial score (nSPS) is 23.9. The SMILES string of the molecule is CCCCCCN1C(=O)C(CC)NC(=O)C1C(C)C. The summed E-state index contributed by atoms with van der Waals surface area (Å²) in [5.41, 5.74) is 0. The van der Waals surface area contributed by atoms with Crippen LogP contribution in [0.1, 0.15) is 59.8 Å². The predicted molar refractivity (Wildman–Crippen MR) is 76.7 cm³/mol. The van der Waals surface area contributed by atoms with Crippen LogP contribution >= 0.6 is 0 Å². The molecule has 0 aromatic carbocycles. The fourth-order valence-electron chi connectivity index (χ4n) is 2.70. The molecule has 1 saturated heterocycles. The fraction of sp³-hybridized carbons (Fsp3) is 0.867. The molecule has 110 valence electrons. The van der Waals surface area contributed by atoms with Crippen molar-refractivity contribution in [3.05, 3.63) is 0 Å². The van der Waals surface area contributed by atoms with E-state index in [0.29, 0.717) is 13.0 Å². The summed E-state index contributed by atoms with van der Waals surface area (Å²) in [6.45, 7) is 8.83. The van der Waals surface area contributed by atoms with Gasteiger partial charge in [0, 0.05) is 6.54 Å². The van der Waals surface area contributed by atoms with Crippen molar-refractivity contribution in [2.24, 2.45) is 5.92 Å². The van der Waals surface area contributed by atoms with Crippen LogP contribution in [0.25, 0.3) is 0 Å². The van der Waals surface area contributed by atoms with E-state index in [9.17, 15) is 9.59 Å². The first-order valence-corrected chi connectivity index (χ1v) is 7.63. The molecular formula is C15H28N2O2. The van der Waals surface area contributed by atoms with Gasteiger partial charge in [0.15, 0.2) is 0 Å². The monoisotopic (exact) mass is 268 g/mol. The number of nitrogens with one attached hydrogen (secondary N) is 1. The number of unbranched alkanes of at least 4 members (excludes halogenated alkanes) is 3. The minimum Gasteiger partial charge on any atom is -0.343 e. The lowest BCUT2D eigenvalue weighted by Gasteiger charge is -2.40. The van der Waals surface area contributed by atoms with Gasteiger partial charge in [-0.3, -0.25) is 9.59 Å². The van der Waals surface area contributed by atoms with E-state index in [1.54, 1.807) is 0 Å². The quantitative estimate of drug-likeness (QED) is 0.720. The van der Waals surface area contributed by atoms with E-state index in [0.717, 1.165) is 12.8 Å². The zero-order chi connectivity index (χ0) is 14.4. The second-order valence-corrected chi connectivity index (χ2v) is 5.75. The van der Waals surface area contributed by atoms with E-state index >= 15 is 0 Å². The van der Waals surface area contributed by atoms with Crippen molar-refractivity contribution in [3.63, 3.8) is 0 Å². The number of nitrogens with zero attached hydrogens (tertiary/aromatic N) is 1. The number of hydrogen-bond acceptors (Lipinski definition) is 2. The number of carbonyl (C=O) groups excluding carboxylic acids is 2. The van der Waals surface area contributed by atoms with E-state index in [1.165, 1.54) is 12.8 Å². The summed E-state index contributed by atoms with van der Waals surface area (Å²) >= 11 is 0. The highest BCUT2D eigenvalue weighted by atomic mass is 16.2. The summed E-state index contributed by atoms with van der Waals surface area (Å²) in [5.74, 6) is 0.266. The van der Waals surface area contributed by atoms with Crippen molar-refractivity contribution in [3.8, 4) is 0 Å². The molecule has 0 spiro atoms. The molecule has 19 heavy (non-hydrogen) atoms. The second-order valence-electron chi connectivity index (χ2n) is 5.75. The van der Waals surface area contributed by atoms with Gasteiger partial charge in [0.1, 0.15) is 12.1 Å². The average molecular weight is 268 g/mol. The van der Waals surface area contributed by atoms with Gasteiger partial charge in [-0.25, -0.2) is 0 Å². The van der Waals surface area contributed by atoms with Gasteiger partial charge in [0.2, 0.25) is 11.8 Å². The van der Waals surface area contributed by atoms with Gasteiger partial charge in [0.25, 0.3) is 0 Å². The Balaban J connectivity index is 2.72. The molecule has 0 saturated carbocycles. The predicted octanol–water partition coefficient (Wildman–Crippen LogP) is 2.33.